The van der Waals surface area contributed by atoms with Crippen LogP contribution in [0.25, 0.3) is 0 Å². The van der Waals surface area contributed by atoms with E-state index in [1.54, 1.807) is 6.92 Å². The third-order valence-corrected chi connectivity index (χ3v) is 3.63. The van der Waals surface area contributed by atoms with Gasteiger partial charge in [0.2, 0.25) is 0 Å². The number of amides is 1. The zero-order valence-corrected chi connectivity index (χ0v) is 11.9. The SMILES string of the molecule is CCCC(C(=O)O)N(C(=O)OCC)C1CCCCC1. The van der Waals surface area contributed by atoms with Crippen molar-refractivity contribution in [1.29, 1.82) is 0 Å². The van der Waals surface area contributed by atoms with Gasteiger partial charge in [-0.05, 0) is 26.2 Å². The number of carbonyl (C=O) groups is 2. The van der Waals surface area contributed by atoms with E-state index in [4.69, 9.17) is 4.74 Å². The highest BCUT2D eigenvalue weighted by molar-refractivity contribution is 5.80. The van der Waals surface area contributed by atoms with E-state index in [0.29, 0.717) is 6.42 Å². The summed E-state index contributed by atoms with van der Waals surface area (Å²) in [4.78, 5) is 25.0. The van der Waals surface area contributed by atoms with Gasteiger partial charge in [0, 0.05) is 6.04 Å². The molecule has 0 saturated heterocycles. The summed E-state index contributed by atoms with van der Waals surface area (Å²) in [5.74, 6) is -0.930. The van der Waals surface area contributed by atoms with Crippen LogP contribution >= 0.6 is 0 Å². The van der Waals surface area contributed by atoms with E-state index in [2.05, 4.69) is 0 Å². The zero-order chi connectivity index (χ0) is 14.3. The van der Waals surface area contributed by atoms with E-state index < -0.39 is 18.1 Å². The largest absolute Gasteiger partial charge is 0.480 e. The van der Waals surface area contributed by atoms with Crippen molar-refractivity contribution in [3.8, 4) is 0 Å². The summed E-state index contributed by atoms with van der Waals surface area (Å²) in [7, 11) is 0. The second-order valence-electron chi connectivity index (χ2n) is 5.04. The molecule has 0 aromatic heterocycles. The molecular formula is C14H25NO4. The fraction of sp³-hybridized carbons (Fsp3) is 0.857. The first-order valence-electron chi connectivity index (χ1n) is 7.29. The van der Waals surface area contributed by atoms with Crippen LogP contribution in [0.15, 0.2) is 0 Å². The molecule has 1 unspecified atom stereocenters. The van der Waals surface area contributed by atoms with E-state index in [-0.39, 0.29) is 12.6 Å². The molecule has 0 aromatic rings. The molecule has 0 bridgehead atoms. The topological polar surface area (TPSA) is 66.8 Å². The van der Waals surface area contributed by atoms with Gasteiger partial charge in [-0.1, -0.05) is 32.6 Å². The van der Waals surface area contributed by atoms with Crippen LogP contribution in [0, 0.1) is 0 Å². The van der Waals surface area contributed by atoms with Crippen LogP contribution in [-0.2, 0) is 9.53 Å². The van der Waals surface area contributed by atoms with Gasteiger partial charge in [-0.2, -0.15) is 0 Å². The van der Waals surface area contributed by atoms with Crippen molar-refractivity contribution in [2.75, 3.05) is 6.61 Å². The summed E-state index contributed by atoms with van der Waals surface area (Å²) >= 11 is 0. The number of carbonyl (C=O) groups excluding carboxylic acids is 1. The highest BCUT2D eigenvalue weighted by atomic mass is 16.6. The lowest BCUT2D eigenvalue weighted by Crippen LogP contribution is -2.51. The molecule has 1 saturated carbocycles. The van der Waals surface area contributed by atoms with Crippen LogP contribution in [0.4, 0.5) is 4.79 Å². The number of hydrogen-bond acceptors (Lipinski definition) is 3. The van der Waals surface area contributed by atoms with Gasteiger partial charge < -0.3 is 9.84 Å². The minimum absolute atomic E-state index is 0.0143. The van der Waals surface area contributed by atoms with E-state index in [1.807, 2.05) is 6.92 Å². The number of carboxylic acid groups (broad SMARTS) is 1. The Morgan fingerprint density at radius 3 is 2.37 bits per heavy atom. The lowest BCUT2D eigenvalue weighted by molar-refractivity contribution is -0.144. The fourth-order valence-electron chi connectivity index (χ4n) is 2.74. The summed E-state index contributed by atoms with van der Waals surface area (Å²) in [6, 6.07) is -0.743. The van der Waals surface area contributed by atoms with Crippen molar-refractivity contribution in [3.63, 3.8) is 0 Å². The standard InChI is InChI=1S/C14H25NO4/c1-3-8-12(13(16)17)15(14(18)19-4-2)11-9-6-5-7-10-11/h11-12H,3-10H2,1-2H3,(H,16,17). The van der Waals surface area contributed by atoms with Crippen LogP contribution < -0.4 is 0 Å². The minimum Gasteiger partial charge on any atom is -0.480 e. The van der Waals surface area contributed by atoms with Crippen molar-refractivity contribution in [2.45, 2.75) is 70.9 Å². The molecule has 1 amide bonds. The molecule has 1 atom stereocenters. The second-order valence-corrected chi connectivity index (χ2v) is 5.04. The maximum atomic E-state index is 12.1. The first-order chi connectivity index (χ1) is 9.11. The smallest absolute Gasteiger partial charge is 0.410 e. The molecule has 0 aliphatic heterocycles. The Morgan fingerprint density at radius 2 is 1.89 bits per heavy atom. The predicted molar refractivity (Wildman–Crippen MR) is 72.1 cm³/mol. The molecule has 5 nitrogen and oxygen atoms in total. The molecule has 0 spiro atoms. The molecule has 1 fully saturated rings. The molecular weight excluding hydrogens is 246 g/mol. The van der Waals surface area contributed by atoms with Gasteiger partial charge in [0.25, 0.3) is 0 Å². The quantitative estimate of drug-likeness (QED) is 0.806. The number of ether oxygens (including phenoxy) is 1. The van der Waals surface area contributed by atoms with Crippen LogP contribution in [0.5, 0.6) is 0 Å². The maximum absolute atomic E-state index is 12.1. The van der Waals surface area contributed by atoms with Gasteiger partial charge in [-0.25, -0.2) is 9.59 Å². The van der Waals surface area contributed by atoms with Crippen molar-refractivity contribution >= 4 is 12.1 Å². The Kier molecular flexibility index (Phi) is 6.67. The monoisotopic (exact) mass is 271 g/mol. The Labute approximate surface area is 114 Å². The molecule has 1 aliphatic carbocycles. The van der Waals surface area contributed by atoms with Crippen LogP contribution in [0.3, 0.4) is 0 Å². The Morgan fingerprint density at radius 1 is 1.26 bits per heavy atom. The van der Waals surface area contributed by atoms with E-state index in [9.17, 15) is 14.7 Å². The lowest BCUT2D eigenvalue weighted by Gasteiger charge is -2.37. The molecule has 19 heavy (non-hydrogen) atoms. The predicted octanol–water partition coefficient (Wildman–Crippen LogP) is 3.03. The highest BCUT2D eigenvalue weighted by Crippen LogP contribution is 2.26. The molecule has 1 aliphatic rings. The minimum atomic E-state index is -0.930. The first-order valence-corrected chi connectivity index (χ1v) is 7.29. The normalized spacial score (nSPS) is 17.8. The molecule has 1 rings (SSSR count). The lowest BCUT2D eigenvalue weighted by atomic mass is 9.93. The van der Waals surface area contributed by atoms with Gasteiger partial charge in [-0.3, -0.25) is 4.90 Å². The number of carboxylic acids is 1. The second kappa shape index (κ2) is 8.02. The first kappa shape index (κ1) is 15.8. The van der Waals surface area contributed by atoms with Gasteiger partial charge >= 0.3 is 12.1 Å². The van der Waals surface area contributed by atoms with Gasteiger partial charge in [0.15, 0.2) is 0 Å². The molecule has 110 valence electrons. The Bertz CT molecular complexity index is 300. The highest BCUT2D eigenvalue weighted by Gasteiger charge is 2.36. The Balaban J connectivity index is 2.87. The maximum Gasteiger partial charge on any atom is 0.410 e. The summed E-state index contributed by atoms with van der Waals surface area (Å²) in [5, 5.41) is 9.37. The van der Waals surface area contributed by atoms with E-state index in [1.165, 1.54) is 11.3 Å². The van der Waals surface area contributed by atoms with Crippen LogP contribution in [0.2, 0.25) is 0 Å². The van der Waals surface area contributed by atoms with Crippen molar-refractivity contribution in [1.82, 2.24) is 4.90 Å². The van der Waals surface area contributed by atoms with Gasteiger partial charge in [0.1, 0.15) is 6.04 Å². The van der Waals surface area contributed by atoms with E-state index in [0.717, 1.165) is 32.1 Å². The molecule has 0 aromatic carbocycles. The van der Waals surface area contributed by atoms with E-state index >= 15 is 0 Å². The summed E-state index contributed by atoms with van der Waals surface area (Å²) in [6.45, 7) is 3.95. The fourth-order valence-corrected chi connectivity index (χ4v) is 2.74. The average molecular weight is 271 g/mol. The summed E-state index contributed by atoms with van der Waals surface area (Å²) in [5.41, 5.74) is 0. The molecule has 0 radical (unpaired) electrons. The van der Waals surface area contributed by atoms with Gasteiger partial charge in [-0.15, -0.1) is 0 Å². The van der Waals surface area contributed by atoms with Gasteiger partial charge in [0.05, 0.1) is 6.61 Å². The summed E-state index contributed by atoms with van der Waals surface area (Å²) < 4.78 is 5.06. The number of aliphatic carboxylic acids is 1. The number of hydrogen-bond donors (Lipinski definition) is 1. The molecule has 5 heteroatoms. The van der Waals surface area contributed by atoms with Crippen molar-refractivity contribution in [3.05, 3.63) is 0 Å². The van der Waals surface area contributed by atoms with Crippen molar-refractivity contribution < 1.29 is 19.4 Å². The molecule has 0 heterocycles. The average Bonchev–Trinajstić information content (AvgIpc) is 2.39. The zero-order valence-electron chi connectivity index (χ0n) is 11.9. The van der Waals surface area contributed by atoms with Crippen LogP contribution in [-0.4, -0.2) is 40.8 Å². The summed E-state index contributed by atoms with van der Waals surface area (Å²) in [6.07, 6.45) is 5.77. The third kappa shape index (κ3) is 4.40. The Hall–Kier alpha value is -1.26. The number of rotatable bonds is 6. The van der Waals surface area contributed by atoms with Crippen LogP contribution in [0.1, 0.15) is 58.8 Å². The van der Waals surface area contributed by atoms with Crippen molar-refractivity contribution in [2.24, 2.45) is 0 Å². The number of nitrogens with zero attached hydrogens (tertiary/aromatic N) is 1. The third-order valence-electron chi connectivity index (χ3n) is 3.63. The molecule has 1 N–H and O–H groups in total.